The number of nitrogens with zero attached hydrogens (tertiary/aromatic N) is 2. The van der Waals surface area contributed by atoms with Crippen LogP contribution in [-0.2, 0) is 16.6 Å². The molecule has 21 heavy (non-hydrogen) atoms. The molecule has 1 aromatic heterocycles. The van der Waals surface area contributed by atoms with E-state index in [2.05, 4.69) is 4.90 Å². The van der Waals surface area contributed by atoms with Crippen molar-refractivity contribution >= 4 is 21.4 Å². The third-order valence-electron chi connectivity index (χ3n) is 3.93. The molecule has 1 aliphatic rings. The third-order valence-corrected chi connectivity index (χ3v) is 7.28. The number of rotatable bonds is 5. The lowest BCUT2D eigenvalue weighted by Gasteiger charge is -2.32. The van der Waals surface area contributed by atoms with E-state index in [1.807, 2.05) is 14.1 Å². The second kappa shape index (κ2) is 6.75. The minimum atomic E-state index is -3.47. The van der Waals surface area contributed by atoms with Gasteiger partial charge in [0.1, 0.15) is 4.90 Å². The quantitative estimate of drug-likeness (QED) is 0.888. The van der Waals surface area contributed by atoms with Gasteiger partial charge in [-0.2, -0.15) is 4.31 Å². The summed E-state index contributed by atoms with van der Waals surface area (Å²) in [5.41, 5.74) is 0.736. The van der Waals surface area contributed by atoms with Crippen LogP contribution in [0.25, 0.3) is 0 Å². The fourth-order valence-corrected chi connectivity index (χ4v) is 6.00. The minimum absolute atomic E-state index is 0.218. The predicted molar refractivity (Wildman–Crippen MR) is 85.0 cm³/mol. The molecular weight excluding hydrogens is 308 g/mol. The van der Waals surface area contributed by atoms with E-state index in [4.69, 9.17) is 0 Å². The molecule has 0 unspecified atom stereocenters. The van der Waals surface area contributed by atoms with Gasteiger partial charge in [0.2, 0.25) is 10.0 Å². The molecule has 1 saturated heterocycles. The number of hydrogen-bond acceptors (Lipinski definition) is 5. The van der Waals surface area contributed by atoms with E-state index in [1.165, 1.54) is 11.3 Å². The number of sulfonamides is 1. The van der Waals surface area contributed by atoms with Crippen LogP contribution in [0.1, 0.15) is 23.3 Å². The predicted octanol–water partition coefficient (Wildman–Crippen LogP) is 1.51. The van der Waals surface area contributed by atoms with Crippen LogP contribution in [0.2, 0.25) is 0 Å². The van der Waals surface area contributed by atoms with Crippen molar-refractivity contribution in [2.24, 2.45) is 5.92 Å². The lowest BCUT2D eigenvalue weighted by molar-refractivity contribution is 0.224. The van der Waals surface area contributed by atoms with Gasteiger partial charge in [0.25, 0.3) is 0 Å². The zero-order valence-electron chi connectivity index (χ0n) is 12.9. The van der Waals surface area contributed by atoms with E-state index < -0.39 is 10.0 Å². The number of thiophene rings is 1. The maximum atomic E-state index is 12.8. The molecule has 1 aromatic rings. The highest BCUT2D eigenvalue weighted by Crippen LogP contribution is 2.31. The van der Waals surface area contributed by atoms with E-state index in [0.29, 0.717) is 28.8 Å². The van der Waals surface area contributed by atoms with Crippen LogP contribution < -0.4 is 0 Å². The monoisotopic (exact) mass is 332 g/mol. The first-order chi connectivity index (χ1) is 9.86. The van der Waals surface area contributed by atoms with Crippen LogP contribution in [0.3, 0.4) is 0 Å². The number of hydrogen-bond donors (Lipinski definition) is 1. The number of aliphatic hydroxyl groups excluding tert-OH is 1. The Morgan fingerprint density at radius 3 is 2.52 bits per heavy atom. The maximum Gasteiger partial charge on any atom is 0.244 e. The largest absolute Gasteiger partial charge is 0.391 e. The van der Waals surface area contributed by atoms with E-state index >= 15 is 0 Å². The van der Waals surface area contributed by atoms with Crippen molar-refractivity contribution in [2.45, 2.75) is 31.3 Å². The standard InChI is InChI=1S/C14H24N2O3S2/c1-11-10-20-13(9-17)14(11)21(18,19)16-6-4-12(5-7-16)8-15(2)3/h10,12,17H,4-9H2,1-3H3. The Labute approximate surface area is 131 Å². The van der Waals surface area contributed by atoms with Gasteiger partial charge in [-0.05, 0) is 50.7 Å². The SMILES string of the molecule is Cc1csc(CO)c1S(=O)(=O)N1CCC(CN(C)C)CC1. The summed E-state index contributed by atoms with van der Waals surface area (Å²) in [6.45, 7) is 3.72. The van der Waals surface area contributed by atoms with E-state index in [0.717, 1.165) is 24.9 Å². The summed E-state index contributed by atoms with van der Waals surface area (Å²) in [5, 5.41) is 11.2. The molecule has 2 heterocycles. The molecule has 120 valence electrons. The van der Waals surface area contributed by atoms with Gasteiger partial charge in [0.15, 0.2) is 0 Å². The van der Waals surface area contributed by atoms with Gasteiger partial charge in [-0.25, -0.2) is 8.42 Å². The van der Waals surface area contributed by atoms with Gasteiger partial charge >= 0.3 is 0 Å². The van der Waals surface area contributed by atoms with Gasteiger partial charge in [0, 0.05) is 19.6 Å². The first-order valence-corrected chi connectivity index (χ1v) is 9.51. The van der Waals surface area contributed by atoms with Crippen molar-refractivity contribution in [1.29, 1.82) is 0 Å². The van der Waals surface area contributed by atoms with E-state index in [-0.39, 0.29) is 6.61 Å². The van der Waals surface area contributed by atoms with Crippen LogP contribution >= 0.6 is 11.3 Å². The molecule has 0 amide bonds. The highest BCUT2D eigenvalue weighted by molar-refractivity contribution is 7.89. The lowest BCUT2D eigenvalue weighted by Crippen LogP contribution is -2.40. The zero-order chi connectivity index (χ0) is 15.6. The molecule has 1 fully saturated rings. The molecule has 1 aliphatic heterocycles. The Morgan fingerprint density at radius 1 is 1.38 bits per heavy atom. The van der Waals surface area contributed by atoms with Gasteiger partial charge in [0.05, 0.1) is 11.5 Å². The van der Waals surface area contributed by atoms with Crippen molar-refractivity contribution < 1.29 is 13.5 Å². The van der Waals surface area contributed by atoms with Crippen LogP contribution in [0.4, 0.5) is 0 Å². The maximum absolute atomic E-state index is 12.8. The molecule has 0 spiro atoms. The molecular formula is C14H24N2O3S2. The van der Waals surface area contributed by atoms with Crippen molar-refractivity contribution in [3.05, 3.63) is 15.8 Å². The molecule has 1 N–H and O–H groups in total. The van der Waals surface area contributed by atoms with Crippen LogP contribution in [0.15, 0.2) is 10.3 Å². The van der Waals surface area contributed by atoms with Gasteiger partial charge in [-0.3, -0.25) is 0 Å². The molecule has 0 bridgehead atoms. The van der Waals surface area contributed by atoms with E-state index in [1.54, 1.807) is 16.6 Å². The molecule has 0 aliphatic carbocycles. The van der Waals surface area contributed by atoms with Gasteiger partial charge in [-0.15, -0.1) is 11.3 Å². The van der Waals surface area contributed by atoms with Crippen LogP contribution in [0, 0.1) is 12.8 Å². The third kappa shape index (κ3) is 3.65. The fourth-order valence-electron chi connectivity index (χ4n) is 2.92. The Balaban J connectivity index is 2.13. The van der Waals surface area contributed by atoms with Gasteiger partial charge < -0.3 is 10.0 Å². The zero-order valence-corrected chi connectivity index (χ0v) is 14.5. The fraction of sp³-hybridized carbons (Fsp3) is 0.714. The molecule has 0 saturated carbocycles. The number of aryl methyl sites for hydroxylation is 1. The number of piperidine rings is 1. The smallest absolute Gasteiger partial charge is 0.244 e. The second-order valence-corrected chi connectivity index (χ2v) is 8.78. The normalized spacial score (nSPS) is 18.5. The van der Waals surface area contributed by atoms with Crippen molar-refractivity contribution in [2.75, 3.05) is 33.7 Å². The van der Waals surface area contributed by atoms with Gasteiger partial charge in [-0.1, -0.05) is 0 Å². The molecule has 0 aromatic carbocycles. The highest BCUT2D eigenvalue weighted by Gasteiger charge is 2.32. The lowest BCUT2D eigenvalue weighted by atomic mass is 9.98. The summed E-state index contributed by atoms with van der Waals surface area (Å²) in [4.78, 5) is 3.02. The summed E-state index contributed by atoms with van der Waals surface area (Å²) < 4.78 is 27.2. The summed E-state index contributed by atoms with van der Waals surface area (Å²) in [5.74, 6) is 0.562. The Kier molecular flexibility index (Phi) is 5.43. The van der Waals surface area contributed by atoms with Crippen molar-refractivity contribution in [3.63, 3.8) is 0 Å². The molecule has 7 heteroatoms. The van der Waals surface area contributed by atoms with Crippen molar-refractivity contribution in [1.82, 2.24) is 9.21 Å². The average molecular weight is 332 g/mol. The summed E-state index contributed by atoms with van der Waals surface area (Å²) in [6, 6.07) is 0. The highest BCUT2D eigenvalue weighted by atomic mass is 32.2. The molecule has 0 radical (unpaired) electrons. The Bertz CT molecular complexity index is 573. The topological polar surface area (TPSA) is 60.9 Å². The molecule has 5 nitrogen and oxygen atoms in total. The first kappa shape index (κ1) is 16.9. The summed E-state index contributed by atoms with van der Waals surface area (Å²) in [7, 11) is 0.620. The number of aliphatic hydroxyl groups is 1. The average Bonchev–Trinajstić information content (AvgIpc) is 2.80. The van der Waals surface area contributed by atoms with Crippen LogP contribution in [-0.4, -0.2) is 56.5 Å². The summed E-state index contributed by atoms with van der Waals surface area (Å²) >= 11 is 1.31. The Morgan fingerprint density at radius 2 is 2.00 bits per heavy atom. The molecule has 2 rings (SSSR count). The second-order valence-electron chi connectivity index (χ2n) is 5.94. The van der Waals surface area contributed by atoms with Crippen molar-refractivity contribution in [3.8, 4) is 0 Å². The summed E-state index contributed by atoms with van der Waals surface area (Å²) in [6.07, 6.45) is 1.80. The minimum Gasteiger partial charge on any atom is -0.391 e. The molecule has 0 atom stereocenters. The van der Waals surface area contributed by atoms with Crippen LogP contribution in [0.5, 0.6) is 0 Å². The van der Waals surface area contributed by atoms with E-state index in [9.17, 15) is 13.5 Å². The first-order valence-electron chi connectivity index (χ1n) is 7.19. The Hall–Kier alpha value is -0.470.